The molecule has 0 spiro atoms. The Labute approximate surface area is 105 Å². The van der Waals surface area contributed by atoms with E-state index in [0.29, 0.717) is 12.6 Å². The monoisotopic (exact) mass is 244 g/mol. The van der Waals surface area contributed by atoms with Gasteiger partial charge in [-0.2, -0.15) is 0 Å². The van der Waals surface area contributed by atoms with E-state index in [-0.39, 0.29) is 0 Å². The summed E-state index contributed by atoms with van der Waals surface area (Å²) < 4.78 is 5.02. The number of thiocarbonyl (C=S) groups is 1. The molecule has 0 saturated carbocycles. The molecule has 16 heavy (non-hydrogen) atoms. The van der Waals surface area contributed by atoms with Crippen LogP contribution in [0.1, 0.15) is 39.0 Å². The van der Waals surface area contributed by atoms with Crippen LogP contribution in [0.4, 0.5) is 0 Å². The Morgan fingerprint density at radius 1 is 1.44 bits per heavy atom. The average Bonchev–Trinajstić information content (AvgIpc) is 2.54. The highest BCUT2D eigenvalue weighted by atomic mass is 32.1. The number of methoxy groups -OCH3 is 1. The number of nitrogens with zero attached hydrogens (tertiary/aromatic N) is 1. The highest BCUT2D eigenvalue weighted by Gasteiger charge is 2.21. The van der Waals surface area contributed by atoms with Crippen LogP contribution in [0, 0.1) is 0 Å². The molecule has 0 aromatic rings. The minimum absolute atomic E-state index is 0.630. The van der Waals surface area contributed by atoms with E-state index in [2.05, 4.69) is 17.1 Å². The van der Waals surface area contributed by atoms with Gasteiger partial charge in [0, 0.05) is 26.2 Å². The summed E-state index contributed by atoms with van der Waals surface area (Å²) >= 11 is 5.45. The number of likely N-dealkylation sites (tertiary alicyclic amines) is 1. The van der Waals surface area contributed by atoms with Gasteiger partial charge in [-0.3, -0.25) is 0 Å². The molecule has 1 unspecified atom stereocenters. The van der Waals surface area contributed by atoms with Gasteiger partial charge in [-0.25, -0.2) is 0 Å². The van der Waals surface area contributed by atoms with Crippen molar-refractivity contribution in [2.45, 2.75) is 45.1 Å². The van der Waals surface area contributed by atoms with Gasteiger partial charge in [0.1, 0.15) is 0 Å². The Bertz CT molecular complexity index is 211. The Morgan fingerprint density at radius 3 is 2.94 bits per heavy atom. The third-order valence-electron chi connectivity index (χ3n) is 3.19. The van der Waals surface area contributed by atoms with Gasteiger partial charge >= 0.3 is 0 Å². The summed E-state index contributed by atoms with van der Waals surface area (Å²) in [5, 5.41) is 4.19. The first-order valence-corrected chi connectivity index (χ1v) is 6.73. The molecule has 3 nitrogen and oxygen atoms in total. The molecule has 1 aliphatic rings. The fraction of sp³-hybridized carbons (Fsp3) is 0.917. The third kappa shape index (κ3) is 4.26. The first-order valence-electron chi connectivity index (χ1n) is 6.33. The van der Waals surface area contributed by atoms with E-state index >= 15 is 0 Å². The molecular weight excluding hydrogens is 220 g/mol. The molecule has 0 radical (unpaired) electrons. The smallest absolute Gasteiger partial charge is 0.169 e. The summed E-state index contributed by atoms with van der Waals surface area (Å²) in [7, 11) is 1.71. The van der Waals surface area contributed by atoms with E-state index in [9.17, 15) is 0 Å². The lowest BCUT2D eigenvalue weighted by atomic mass is 10.1. The second-order valence-electron chi connectivity index (χ2n) is 4.33. The fourth-order valence-electron chi connectivity index (χ4n) is 2.23. The van der Waals surface area contributed by atoms with Crippen molar-refractivity contribution in [3.05, 3.63) is 0 Å². The highest BCUT2D eigenvalue weighted by molar-refractivity contribution is 7.80. The first-order chi connectivity index (χ1) is 7.79. The van der Waals surface area contributed by atoms with Crippen LogP contribution in [0.15, 0.2) is 0 Å². The van der Waals surface area contributed by atoms with Gasteiger partial charge < -0.3 is 15.0 Å². The van der Waals surface area contributed by atoms with Crippen LogP contribution < -0.4 is 5.32 Å². The van der Waals surface area contributed by atoms with Crippen LogP contribution >= 0.6 is 12.2 Å². The first kappa shape index (κ1) is 13.7. The van der Waals surface area contributed by atoms with Crippen LogP contribution in [0.2, 0.25) is 0 Å². The Balaban J connectivity index is 2.42. The largest absolute Gasteiger partial charge is 0.383 e. The second kappa shape index (κ2) is 7.85. The highest BCUT2D eigenvalue weighted by Crippen LogP contribution is 2.19. The molecule has 1 saturated heterocycles. The predicted octanol–water partition coefficient (Wildman–Crippen LogP) is 2.16. The van der Waals surface area contributed by atoms with Crippen molar-refractivity contribution in [1.82, 2.24) is 10.2 Å². The molecule has 1 N–H and O–H groups in total. The molecule has 4 heteroatoms. The summed E-state index contributed by atoms with van der Waals surface area (Å²) in [4.78, 5) is 2.37. The normalized spacial score (nSPS) is 21.6. The molecule has 1 fully saturated rings. The van der Waals surface area contributed by atoms with Gasteiger partial charge in [0.2, 0.25) is 0 Å². The van der Waals surface area contributed by atoms with Gasteiger partial charge in [-0.1, -0.05) is 19.8 Å². The Morgan fingerprint density at radius 2 is 2.25 bits per heavy atom. The molecular formula is C12H24N2OS. The summed E-state index contributed by atoms with van der Waals surface area (Å²) in [5.74, 6) is 0. The summed E-state index contributed by atoms with van der Waals surface area (Å²) in [5.41, 5.74) is 0. The number of hydrogen-bond acceptors (Lipinski definition) is 2. The fourth-order valence-corrected chi connectivity index (χ4v) is 2.57. The van der Waals surface area contributed by atoms with E-state index in [0.717, 1.165) is 18.2 Å². The second-order valence-corrected chi connectivity index (χ2v) is 4.72. The predicted molar refractivity (Wildman–Crippen MR) is 71.7 cm³/mol. The minimum Gasteiger partial charge on any atom is -0.383 e. The maximum Gasteiger partial charge on any atom is 0.169 e. The number of hydrogen-bond donors (Lipinski definition) is 1. The van der Waals surface area contributed by atoms with Crippen LogP contribution in [-0.4, -0.2) is 42.9 Å². The van der Waals surface area contributed by atoms with Crippen LogP contribution in [0.25, 0.3) is 0 Å². The lowest BCUT2D eigenvalue weighted by Crippen LogP contribution is -2.46. The molecule has 0 aromatic heterocycles. The SMILES string of the molecule is CCC1CCCCCN1C(=S)NCCOC. The van der Waals surface area contributed by atoms with Gasteiger partial charge in [0.05, 0.1) is 6.61 Å². The molecule has 94 valence electrons. The quantitative estimate of drug-likeness (QED) is 0.605. The Kier molecular flexibility index (Phi) is 6.73. The van der Waals surface area contributed by atoms with Crippen molar-refractivity contribution in [3.63, 3.8) is 0 Å². The van der Waals surface area contributed by atoms with E-state index in [1.807, 2.05) is 0 Å². The van der Waals surface area contributed by atoms with Crippen molar-refractivity contribution in [1.29, 1.82) is 0 Å². The molecule has 1 rings (SSSR count). The summed E-state index contributed by atoms with van der Waals surface area (Å²) in [6.07, 6.45) is 6.42. The number of nitrogens with one attached hydrogen (secondary N) is 1. The zero-order valence-electron chi connectivity index (χ0n) is 10.5. The standard InChI is InChI=1S/C12H24N2OS/c1-3-11-7-5-4-6-9-14(11)12(16)13-8-10-15-2/h11H,3-10H2,1-2H3,(H,13,16). The van der Waals surface area contributed by atoms with Crippen molar-refractivity contribution < 1.29 is 4.74 Å². The van der Waals surface area contributed by atoms with Crippen LogP contribution in [0.3, 0.4) is 0 Å². The maximum atomic E-state index is 5.45. The van der Waals surface area contributed by atoms with Gasteiger partial charge in [-0.05, 0) is 31.5 Å². The lowest BCUT2D eigenvalue weighted by Gasteiger charge is -2.31. The number of rotatable bonds is 4. The zero-order chi connectivity index (χ0) is 11.8. The molecule has 0 amide bonds. The third-order valence-corrected chi connectivity index (χ3v) is 3.57. The lowest BCUT2D eigenvalue weighted by molar-refractivity contribution is 0.202. The van der Waals surface area contributed by atoms with Gasteiger partial charge in [0.15, 0.2) is 5.11 Å². The van der Waals surface area contributed by atoms with Crippen molar-refractivity contribution in [3.8, 4) is 0 Å². The number of ether oxygens (including phenoxy) is 1. The van der Waals surface area contributed by atoms with E-state index in [1.165, 1.54) is 32.1 Å². The topological polar surface area (TPSA) is 24.5 Å². The molecule has 1 atom stereocenters. The van der Waals surface area contributed by atoms with Crippen molar-refractivity contribution in [2.75, 3.05) is 26.8 Å². The Hall–Kier alpha value is -0.350. The van der Waals surface area contributed by atoms with E-state index in [1.54, 1.807) is 7.11 Å². The molecule has 0 aliphatic carbocycles. The minimum atomic E-state index is 0.630. The van der Waals surface area contributed by atoms with E-state index in [4.69, 9.17) is 17.0 Å². The van der Waals surface area contributed by atoms with Gasteiger partial charge in [0.25, 0.3) is 0 Å². The zero-order valence-corrected chi connectivity index (χ0v) is 11.3. The van der Waals surface area contributed by atoms with Crippen LogP contribution in [-0.2, 0) is 4.74 Å². The van der Waals surface area contributed by atoms with Gasteiger partial charge in [-0.15, -0.1) is 0 Å². The summed E-state index contributed by atoms with van der Waals surface area (Å²) in [6, 6.07) is 0.630. The molecule has 0 bridgehead atoms. The van der Waals surface area contributed by atoms with Crippen LogP contribution in [0.5, 0.6) is 0 Å². The van der Waals surface area contributed by atoms with Crippen molar-refractivity contribution in [2.24, 2.45) is 0 Å². The molecule has 1 heterocycles. The average molecular weight is 244 g/mol. The summed E-state index contributed by atoms with van der Waals surface area (Å²) in [6.45, 7) is 4.88. The molecule has 1 aliphatic heterocycles. The maximum absolute atomic E-state index is 5.45. The molecule has 0 aromatic carbocycles. The van der Waals surface area contributed by atoms with Crippen molar-refractivity contribution >= 4 is 17.3 Å². The van der Waals surface area contributed by atoms with E-state index < -0.39 is 0 Å².